The number of hydrogen-bond donors (Lipinski definition) is 0. The van der Waals surface area contributed by atoms with Crippen LogP contribution in [0.5, 0.6) is 5.75 Å². The lowest BCUT2D eigenvalue weighted by molar-refractivity contribution is 0.242. The second kappa shape index (κ2) is 7.54. The molecule has 0 aliphatic heterocycles. The van der Waals surface area contributed by atoms with Gasteiger partial charge in [-0.1, -0.05) is 40.6 Å². The molecule has 0 N–H and O–H groups in total. The normalized spacial score (nSPS) is 12.2. The molecule has 4 aromatic rings. The monoisotopic (exact) mass is 431 g/mol. The van der Waals surface area contributed by atoms with Gasteiger partial charge in [0.15, 0.2) is 5.82 Å². The van der Waals surface area contributed by atoms with Gasteiger partial charge < -0.3 is 4.74 Å². The molecule has 142 valence electrons. The predicted octanol–water partition coefficient (Wildman–Crippen LogP) is 4.46. The highest BCUT2D eigenvalue weighted by atomic mass is 35.5. The van der Waals surface area contributed by atoms with Crippen molar-refractivity contribution in [2.24, 2.45) is 0 Å². The molecule has 2 heterocycles. The topological polar surface area (TPSA) is 56.5 Å². The lowest BCUT2D eigenvalue weighted by atomic mass is 10.2. The molecule has 0 saturated heterocycles. The number of benzene rings is 2. The predicted molar refractivity (Wildman–Crippen MR) is 114 cm³/mol. The maximum absolute atomic E-state index is 12.7. The van der Waals surface area contributed by atoms with Crippen LogP contribution in [-0.4, -0.2) is 20.7 Å². The number of halogens is 2. The molecular formula is C20H15Cl2N3O2S. The third-order valence-corrected chi connectivity index (χ3v) is 5.61. The zero-order chi connectivity index (χ0) is 19.8. The Labute approximate surface area is 174 Å². The number of nitrogens with zero attached hydrogens (tertiary/aromatic N) is 3. The first-order valence-corrected chi connectivity index (χ1v) is 10.1. The Kier molecular flexibility index (Phi) is 5.10. The summed E-state index contributed by atoms with van der Waals surface area (Å²) in [6, 6.07) is 12.7. The second-order valence-electron chi connectivity index (χ2n) is 6.41. The van der Waals surface area contributed by atoms with Crippen molar-refractivity contribution in [2.45, 2.75) is 20.0 Å². The molecule has 8 heteroatoms. The summed E-state index contributed by atoms with van der Waals surface area (Å²) in [4.78, 5) is 17.7. The van der Waals surface area contributed by atoms with E-state index >= 15 is 0 Å². The summed E-state index contributed by atoms with van der Waals surface area (Å²) in [7, 11) is 0. The highest BCUT2D eigenvalue weighted by Gasteiger charge is 2.12. The summed E-state index contributed by atoms with van der Waals surface area (Å²) >= 11 is 13.3. The molecule has 2 aromatic heterocycles. The van der Waals surface area contributed by atoms with Gasteiger partial charge in [-0.05, 0) is 61.9 Å². The molecule has 0 spiro atoms. The van der Waals surface area contributed by atoms with Crippen LogP contribution in [0.1, 0.15) is 19.4 Å². The van der Waals surface area contributed by atoms with Crippen LogP contribution in [0, 0.1) is 0 Å². The van der Waals surface area contributed by atoms with E-state index < -0.39 is 0 Å². The fraction of sp³-hybridized carbons (Fsp3) is 0.150. The van der Waals surface area contributed by atoms with Gasteiger partial charge in [0.05, 0.1) is 20.7 Å². The van der Waals surface area contributed by atoms with Gasteiger partial charge in [-0.15, -0.1) is 5.10 Å². The average molecular weight is 432 g/mol. The lowest BCUT2D eigenvalue weighted by Gasteiger charge is -2.09. The van der Waals surface area contributed by atoms with Crippen LogP contribution in [0.4, 0.5) is 0 Å². The van der Waals surface area contributed by atoms with Crippen molar-refractivity contribution < 1.29 is 4.74 Å². The van der Waals surface area contributed by atoms with E-state index in [1.807, 2.05) is 38.1 Å². The van der Waals surface area contributed by atoms with Gasteiger partial charge in [0.25, 0.3) is 5.56 Å². The molecular weight excluding hydrogens is 417 g/mol. The molecule has 5 nitrogen and oxygen atoms in total. The summed E-state index contributed by atoms with van der Waals surface area (Å²) < 4.78 is 7.49. The van der Waals surface area contributed by atoms with Gasteiger partial charge in [0, 0.05) is 5.56 Å². The maximum Gasteiger partial charge on any atom is 0.291 e. The second-order valence-corrected chi connectivity index (χ2v) is 8.23. The smallest absolute Gasteiger partial charge is 0.291 e. The molecule has 0 aliphatic rings. The molecule has 0 amide bonds. The molecule has 0 saturated carbocycles. The van der Waals surface area contributed by atoms with Crippen molar-refractivity contribution in [3.8, 4) is 17.1 Å². The van der Waals surface area contributed by atoms with Crippen molar-refractivity contribution >= 4 is 45.6 Å². The van der Waals surface area contributed by atoms with Crippen LogP contribution >= 0.6 is 34.5 Å². The third kappa shape index (κ3) is 3.76. The number of aromatic nitrogens is 3. The molecule has 2 aromatic carbocycles. The van der Waals surface area contributed by atoms with Gasteiger partial charge in [0.2, 0.25) is 4.96 Å². The Hall–Kier alpha value is -2.41. The van der Waals surface area contributed by atoms with E-state index in [1.165, 1.54) is 15.9 Å². The van der Waals surface area contributed by atoms with Crippen molar-refractivity contribution in [1.82, 2.24) is 14.6 Å². The van der Waals surface area contributed by atoms with Crippen LogP contribution in [0.15, 0.2) is 47.3 Å². The van der Waals surface area contributed by atoms with Gasteiger partial charge in [0.1, 0.15) is 5.75 Å². The number of rotatable bonds is 4. The molecule has 28 heavy (non-hydrogen) atoms. The van der Waals surface area contributed by atoms with Crippen LogP contribution in [0.3, 0.4) is 0 Å². The highest BCUT2D eigenvalue weighted by molar-refractivity contribution is 7.15. The number of thiazole rings is 1. The standard InChI is InChI=1S/C20H15Cl2N3O2S/c1-11(2)27-14-6-4-13(5-7-14)18-23-20-25(24-18)19(26)17(28-20)10-12-3-8-15(21)16(22)9-12/h3-11H,1-2H3. The minimum Gasteiger partial charge on any atom is -0.491 e. The van der Waals surface area contributed by atoms with Gasteiger partial charge >= 0.3 is 0 Å². The first-order chi connectivity index (χ1) is 13.4. The summed E-state index contributed by atoms with van der Waals surface area (Å²) in [6.45, 7) is 3.95. The largest absolute Gasteiger partial charge is 0.491 e. The van der Waals surface area contributed by atoms with Crippen molar-refractivity contribution in [3.63, 3.8) is 0 Å². The summed E-state index contributed by atoms with van der Waals surface area (Å²) in [5.74, 6) is 1.28. The molecule has 4 rings (SSSR count). The molecule has 0 atom stereocenters. The minimum atomic E-state index is -0.218. The quantitative estimate of drug-likeness (QED) is 0.478. The number of fused-ring (bicyclic) bond motifs is 1. The fourth-order valence-electron chi connectivity index (χ4n) is 2.66. The Morgan fingerprint density at radius 3 is 2.50 bits per heavy atom. The van der Waals surface area contributed by atoms with E-state index in [9.17, 15) is 4.79 Å². The molecule has 0 bridgehead atoms. The Bertz CT molecular complexity index is 1260. The number of hydrogen-bond acceptors (Lipinski definition) is 5. The van der Waals surface area contributed by atoms with Gasteiger partial charge in [-0.3, -0.25) is 4.79 Å². The number of ether oxygens (including phenoxy) is 1. The first kappa shape index (κ1) is 18.9. The summed E-state index contributed by atoms with van der Waals surface area (Å²) in [5, 5.41) is 5.27. The third-order valence-electron chi connectivity index (χ3n) is 3.91. The summed E-state index contributed by atoms with van der Waals surface area (Å²) in [6.07, 6.45) is 1.86. The Morgan fingerprint density at radius 1 is 1.11 bits per heavy atom. The lowest BCUT2D eigenvalue weighted by Crippen LogP contribution is -2.23. The van der Waals surface area contributed by atoms with E-state index in [-0.39, 0.29) is 11.7 Å². The molecule has 0 aliphatic carbocycles. The van der Waals surface area contributed by atoms with Crippen molar-refractivity contribution in [3.05, 3.63) is 73.0 Å². The molecule has 0 unspecified atom stereocenters. The first-order valence-electron chi connectivity index (χ1n) is 8.54. The molecule has 0 fully saturated rings. The fourth-order valence-corrected chi connectivity index (χ4v) is 3.88. The minimum absolute atomic E-state index is 0.107. The van der Waals surface area contributed by atoms with E-state index in [0.29, 0.717) is 25.4 Å². The van der Waals surface area contributed by atoms with Crippen LogP contribution in [0.25, 0.3) is 22.4 Å². The van der Waals surface area contributed by atoms with E-state index in [4.69, 9.17) is 27.9 Å². The van der Waals surface area contributed by atoms with Crippen LogP contribution in [-0.2, 0) is 0 Å². The van der Waals surface area contributed by atoms with E-state index in [0.717, 1.165) is 16.9 Å². The Balaban J connectivity index is 1.69. The van der Waals surface area contributed by atoms with Crippen LogP contribution < -0.4 is 14.8 Å². The van der Waals surface area contributed by atoms with Crippen molar-refractivity contribution in [2.75, 3.05) is 0 Å². The van der Waals surface area contributed by atoms with Gasteiger partial charge in [-0.25, -0.2) is 0 Å². The van der Waals surface area contributed by atoms with Crippen molar-refractivity contribution in [1.29, 1.82) is 0 Å². The highest BCUT2D eigenvalue weighted by Crippen LogP contribution is 2.23. The van der Waals surface area contributed by atoms with E-state index in [2.05, 4.69) is 10.1 Å². The SMILES string of the molecule is CC(C)Oc1ccc(-c2nc3sc(=Cc4ccc(Cl)c(Cl)c4)c(=O)n3n2)cc1. The summed E-state index contributed by atoms with van der Waals surface area (Å²) in [5.41, 5.74) is 1.39. The Morgan fingerprint density at radius 2 is 1.86 bits per heavy atom. The van der Waals surface area contributed by atoms with Gasteiger partial charge in [-0.2, -0.15) is 9.50 Å². The molecule has 0 radical (unpaired) electrons. The zero-order valence-corrected chi connectivity index (χ0v) is 17.3. The van der Waals surface area contributed by atoms with Crippen LogP contribution in [0.2, 0.25) is 10.0 Å². The van der Waals surface area contributed by atoms with E-state index in [1.54, 1.807) is 24.3 Å². The zero-order valence-electron chi connectivity index (χ0n) is 15.0. The average Bonchev–Trinajstić information content (AvgIpc) is 3.18. The maximum atomic E-state index is 12.7.